The van der Waals surface area contributed by atoms with Gasteiger partial charge in [0.1, 0.15) is 10.5 Å². The summed E-state index contributed by atoms with van der Waals surface area (Å²) in [6, 6.07) is 8.20. The maximum absolute atomic E-state index is 5.30. The Kier molecular flexibility index (Phi) is 2.87. The molecule has 1 N–H and O–H groups in total. The zero-order chi connectivity index (χ0) is 13.4. The van der Waals surface area contributed by atoms with Gasteiger partial charge in [-0.25, -0.2) is 4.98 Å². The molecule has 0 aliphatic carbocycles. The Hall–Kier alpha value is -2.07. The number of fused-ring (bicyclic) bond motifs is 1. The van der Waals surface area contributed by atoms with Crippen molar-refractivity contribution in [2.75, 3.05) is 0 Å². The minimum atomic E-state index is 0.638. The molecule has 1 aromatic carbocycles. The Morgan fingerprint density at radius 2 is 1.89 bits per heavy atom. The van der Waals surface area contributed by atoms with E-state index in [1.807, 2.05) is 38.4 Å². The Morgan fingerprint density at radius 1 is 1.11 bits per heavy atom. The van der Waals surface area contributed by atoms with E-state index >= 15 is 0 Å². The maximum atomic E-state index is 5.30. The third-order valence-electron chi connectivity index (χ3n) is 3.21. The highest BCUT2D eigenvalue weighted by atomic mass is 32.1. The summed E-state index contributed by atoms with van der Waals surface area (Å²) in [6.45, 7) is 3.90. The zero-order valence-corrected chi connectivity index (χ0v) is 11.6. The maximum Gasteiger partial charge on any atom is 0.133 e. The Balaban J connectivity index is 2.40. The summed E-state index contributed by atoms with van der Waals surface area (Å²) < 4.78 is 0.638. The van der Waals surface area contributed by atoms with E-state index in [1.165, 1.54) is 0 Å². The van der Waals surface area contributed by atoms with Crippen LogP contribution in [0.15, 0.2) is 36.7 Å². The number of pyridine rings is 1. The van der Waals surface area contributed by atoms with Gasteiger partial charge in [0.05, 0.1) is 5.69 Å². The van der Waals surface area contributed by atoms with Crippen molar-refractivity contribution in [2.45, 2.75) is 13.8 Å². The van der Waals surface area contributed by atoms with Crippen molar-refractivity contribution >= 4 is 23.0 Å². The van der Waals surface area contributed by atoms with E-state index in [1.54, 1.807) is 0 Å². The average molecular weight is 267 g/mol. The second-order valence-corrected chi connectivity index (χ2v) is 4.92. The largest absolute Gasteiger partial charge is 0.343 e. The molecule has 3 aromatic rings. The highest BCUT2D eigenvalue weighted by molar-refractivity contribution is 7.71. The molecule has 0 atom stereocenters. The Bertz CT molecular complexity index is 816. The summed E-state index contributed by atoms with van der Waals surface area (Å²) in [6.07, 6.45) is 3.74. The smallest absolute Gasteiger partial charge is 0.133 e. The van der Waals surface area contributed by atoms with Crippen LogP contribution in [0.5, 0.6) is 0 Å². The molecule has 0 unspecified atom stereocenters. The predicted molar refractivity (Wildman–Crippen MR) is 79.6 cm³/mol. The molecular weight excluding hydrogens is 254 g/mol. The Morgan fingerprint density at radius 3 is 2.74 bits per heavy atom. The molecule has 2 aromatic heterocycles. The van der Waals surface area contributed by atoms with Crippen molar-refractivity contribution in [3.8, 4) is 11.3 Å². The number of H-pyrrole nitrogens is 1. The van der Waals surface area contributed by atoms with Gasteiger partial charge in [0, 0.05) is 28.9 Å². The zero-order valence-electron chi connectivity index (χ0n) is 10.8. The summed E-state index contributed by atoms with van der Waals surface area (Å²) in [5.74, 6) is 0.818. The lowest BCUT2D eigenvalue weighted by atomic mass is 10.0. The molecule has 0 saturated carbocycles. The van der Waals surface area contributed by atoms with Crippen LogP contribution in [0.3, 0.4) is 0 Å². The second-order valence-electron chi connectivity index (χ2n) is 4.54. The van der Waals surface area contributed by atoms with Crippen molar-refractivity contribution in [1.82, 2.24) is 15.0 Å². The number of benzene rings is 1. The average Bonchev–Trinajstić information content (AvgIpc) is 2.42. The van der Waals surface area contributed by atoms with Gasteiger partial charge in [-0.2, -0.15) is 0 Å². The standard InChI is InChI=1S/C15H13N3S/c1-9-14(17-10(2)18-15(9)19)13-8-16-7-11-5-3-4-6-12(11)13/h3-8H,1-2H3,(H,17,18,19). The predicted octanol–water partition coefficient (Wildman–Crippen LogP) is 3.97. The van der Waals surface area contributed by atoms with Crippen LogP contribution in [0.25, 0.3) is 22.0 Å². The number of aromatic nitrogens is 3. The number of rotatable bonds is 1. The molecule has 94 valence electrons. The number of aromatic amines is 1. The molecule has 0 fully saturated rings. The number of nitrogens with zero attached hydrogens (tertiary/aromatic N) is 2. The first-order chi connectivity index (χ1) is 9.16. The number of nitrogens with one attached hydrogen (secondary N) is 1. The van der Waals surface area contributed by atoms with Gasteiger partial charge < -0.3 is 4.98 Å². The van der Waals surface area contributed by atoms with Crippen molar-refractivity contribution in [2.24, 2.45) is 0 Å². The molecule has 0 radical (unpaired) electrons. The normalized spacial score (nSPS) is 10.8. The van der Waals surface area contributed by atoms with Crippen LogP contribution in [-0.4, -0.2) is 15.0 Å². The van der Waals surface area contributed by atoms with E-state index in [2.05, 4.69) is 27.1 Å². The summed E-state index contributed by atoms with van der Waals surface area (Å²) in [5, 5.41) is 2.28. The van der Waals surface area contributed by atoms with Crippen LogP contribution in [0.4, 0.5) is 0 Å². The lowest BCUT2D eigenvalue weighted by Gasteiger charge is -2.10. The highest BCUT2D eigenvalue weighted by Gasteiger charge is 2.09. The van der Waals surface area contributed by atoms with Crippen molar-refractivity contribution in [3.63, 3.8) is 0 Å². The van der Waals surface area contributed by atoms with E-state index in [4.69, 9.17) is 12.2 Å². The van der Waals surface area contributed by atoms with E-state index in [-0.39, 0.29) is 0 Å². The fourth-order valence-electron chi connectivity index (χ4n) is 2.23. The van der Waals surface area contributed by atoms with Crippen LogP contribution in [0.2, 0.25) is 0 Å². The first-order valence-electron chi connectivity index (χ1n) is 6.07. The van der Waals surface area contributed by atoms with Crippen molar-refractivity contribution < 1.29 is 0 Å². The van der Waals surface area contributed by atoms with Crippen LogP contribution in [0, 0.1) is 18.5 Å². The van der Waals surface area contributed by atoms with Crippen molar-refractivity contribution in [3.05, 3.63) is 52.7 Å². The van der Waals surface area contributed by atoms with Gasteiger partial charge in [-0.1, -0.05) is 36.5 Å². The monoisotopic (exact) mass is 267 g/mol. The van der Waals surface area contributed by atoms with Crippen LogP contribution in [0.1, 0.15) is 11.4 Å². The molecule has 2 heterocycles. The molecule has 0 amide bonds. The molecule has 3 nitrogen and oxygen atoms in total. The molecule has 0 spiro atoms. The molecule has 0 aliphatic heterocycles. The van der Waals surface area contributed by atoms with Crippen LogP contribution in [-0.2, 0) is 0 Å². The molecule has 19 heavy (non-hydrogen) atoms. The minimum Gasteiger partial charge on any atom is -0.343 e. The van der Waals surface area contributed by atoms with Gasteiger partial charge in [-0.3, -0.25) is 4.98 Å². The number of hydrogen-bond donors (Lipinski definition) is 1. The van der Waals surface area contributed by atoms with E-state index in [0.29, 0.717) is 4.64 Å². The highest BCUT2D eigenvalue weighted by Crippen LogP contribution is 2.28. The van der Waals surface area contributed by atoms with Gasteiger partial charge in [0.15, 0.2) is 0 Å². The lowest BCUT2D eigenvalue weighted by molar-refractivity contribution is 1.02. The van der Waals surface area contributed by atoms with Gasteiger partial charge in [-0.15, -0.1) is 0 Å². The first kappa shape index (κ1) is 12.0. The van der Waals surface area contributed by atoms with Gasteiger partial charge in [-0.05, 0) is 19.2 Å². The second kappa shape index (κ2) is 4.55. The van der Waals surface area contributed by atoms with Gasteiger partial charge >= 0.3 is 0 Å². The van der Waals surface area contributed by atoms with E-state index in [9.17, 15) is 0 Å². The van der Waals surface area contributed by atoms with Gasteiger partial charge in [0.2, 0.25) is 0 Å². The van der Waals surface area contributed by atoms with E-state index in [0.717, 1.165) is 33.4 Å². The van der Waals surface area contributed by atoms with E-state index < -0.39 is 0 Å². The molecular formula is C15H13N3S. The molecule has 0 aliphatic rings. The third kappa shape index (κ3) is 2.04. The minimum absolute atomic E-state index is 0.638. The SMILES string of the molecule is Cc1nc(=S)c(C)c(-c2cncc3ccccc23)[nH]1. The fourth-order valence-corrected chi connectivity index (χ4v) is 2.47. The topological polar surface area (TPSA) is 41.6 Å². The molecule has 0 saturated heterocycles. The summed E-state index contributed by atoms with van der Waals surface area (Å²) in [7, 11) is 0. The number of hydrogen-bond acceptors (Lipinski definition) is 3. The summed E-state index contributed by atoms with van der Waals surface area (Å²) in [4.78, 5) is 11.9. The van der Waals surface area contributed by atoms with Crippen molar-refractivity contribution in [1.29, 1.82) is 0 Å². The lowest BCUT2D eigenvalue weighted by Crippen LogP contribution is -1.97. The van der Waals surface area contributed by atoms with Crippen LogP contribution < -0.4 is 0 Å². The van der Waals surface area contributed by atoms with Gasteiger partial charge in [0.25, 0.3) is 0 Å². The quantitative estimate of drug-likeness (QED) is 0.678. The molecule has 3 rings (SSSR count). The third-order valence-corrected chi connectivity index (χ3v) is 3.61. The molecule has 4 heteroatoms. The summed E-state index contributed by atoms with van der Waals surface area (Å²) in [5.41, 5.74) is 3.05. The Labute approximate surface area is 116 Å². The summed E-state index contributed by atoms with van der Waals surface area (Å²) >= 11 is 5.30. The first-order valence-corrected chi connectivity index (χ1v) is 6.48. The molecule has 0 bridgehead atoms. The number of aryl methyl sites for hydroxylation is 1. The fraction of sp³-hybridized carbons (Fsp3) is 0.133. The van der Waals surface area contributed by atoms with Crippen LogP contribution >= 0.6 is 12.2 Å².